The fraction of sp³-hybridized carbons (Fsp3) is 0.200. The number of aliphatic hydroxyl groups excluding tert-OH is 1. The van der Waals surface area contributed by atoms with Crippen LogP contribution in [0.2, 0.25) is 15.1 Å². The van der Waals surface area contributed by atoms with E-state index in [-0.39, 0.29) is 12.5 Å². The van der Waals surface area contributed by atoms with Crippen molar-refractivity contribution in [2.75, 3.05) is 6.54 Å². The Bertz CT molecular complexity index is 651. The van der Waals surface area contributed by atoms with Gasteiger partial charge in [0.2, 0.25) is 0 Å². The number of halogens is 4. The molecule has 2 aromatic carbocycles. The van der Waals surface area contributed by atoms with Crippen LogP contribution in [-0.2, 0) is 0 Å². The van der Waals surface area contributed by atoms with Gasteiger partial charge in [-0.25, -0.2) is 0 Å². The summed E-state index contributed by atoms with van der Waals surface area (Å²) in [6.45, 7) is 0.262. The molecule has 2 unspecified atom stereocenters. The Labute approximate surface area is 146 Å². The maximum absolute atomic E-state index is 10.7. The first kappa shape index (κ1) is 17.1. The molecule has 0 fully saturated rings. The average Bonchev–Trinajstić information content (AvgIpc) is 2.46. The maximum atomic E-state index is 10.7. The highest BCUT2D eigenvalue weighted by molar-refractivity contribution is 9.10. The van der Waals surface area contributed by atoms with Crippen LogP contribution in [-0.4, -0.2) is 11.7 Å². The van der Waals surface area contributed by atoms with Crippen molar-refractivity contribution in [3.05, 3.63) is 67.1 Å². The largest absolute Gasteiger partial charge is 0.388 e. The van der Waals surface area contributed by atoms with Crippen molar-refractivity contribution in [2.24, 2.45) is 5.73 Å². The van der Waals surface area contributed by atoms with Crippen LogP contribution in [0.25, 0.3) is 0 Å². The first-order valence-electron chi connectivity index (χ1n) is 6.22. The Morgan fingerprint density at radius 1 is 1.05 bits per heavy atom. The van der Waals surface area contributed by atoms with Gasteiger partial charge in [0.1, 0.15) is 0 Å². The van der Waals surface area contributed by atoms with E-state index >= 15 is 0 Å². The standard InChI is InChI=1S/C15H13BrCl3NO/c16-12-3-2-9(17)6-10(12)15(21)11(7-20)8-1-4-13(18)14(19)5-8/h1-6,11,15,21H,7,20H2. The SMILES string of the molecule is NCC(c1ccc(Cl)c(Cl)c1)C(O)c1cc(Cl)ccc1Br. The third-order valence-electron chi connectivity index (χ3n) is 3.28. The van der Waals surface area contributed by atoms with Gasteiger partial charge in [-0.3, -0.25) is 0 Å². The monoisotopic (exact) mass is 407 g/mol. The van der Waals surface area contributed by atoms with Crippen molar-refractivity contribution >= 4 is 50.7 Å². The summed E-state index contributed by atoms with van der Waals surface area (Å²) in [4.78, 5) is 0. The maximum Gasteiger partial charge on any atom is 0.0882 e. The van der Waals surface area contributed by atoms with E-state index in [9.17, 15) is 5.11 Å². The summed E-state index contributed by atoms with van der Waals surface area (Å²) >= 11 is 21.4. The zero-order valence-corrected chi connectivity index (χ0v) is 14.7. The van der Waals surface area contributed by atoms with Crippen LogP contribution in [0, 0.1) is 0 Å². The second-order valence-corrected chi connectivity index (χ2v) is 6.73. The summed E-state index contributed by atoms with van der Waals surface area (Å²) in [5, 5.41) is 12.1. The third kappa shape index (κ3) is 3.92. The molecule has 2 atom stereocenters. The zero-order chi connectivity index (χ0) is 15.6. The van der Waals surface area contributed by atoms with Gasteiger partial charge < -0.3 is 10.8 Å². The molecule has 2 rings (SSSR count). The van der Waals surface area contributed by atoms with Crippen LogP contribution in [0.5, 0.6) is 0 Å². The van der Waals surface area contributed by atoms with Gasteiger partial charge in [0.15, 0.2) is 0 Å². The first-order valence-corrected chi connectivity index (χ1v) is 8.14. The van der Waals surface area contributed by atoms with Gasteiger partial charge in [-0.2, -0.15) is 0 Å². The van der Waals surface area contributed by atoms with Gasteiger partial charge >= 0.3 is 0 Å². The van der Waals surface area contributed by atoms with Crippen molar-refractivity contribution in [3.8, 4) is 0 Å². The molecule has 0 amide bonds. The smallest absolute Gasteiger partial charge is 0.0882 e. The highest BCUT2D eigenvalue weighted by atomic mass is 79.9. The van der Waals surface area contributed by atoms with E-state index in [1.54, 1.807) is 30.3 Å². The molecule has 0 aromatic heterocycles. The van der Waals surface area contributed by atoms with E-state index in [4.69, 9.17) is 40.5 Å². The van der Waals surface area contributed by atoms with Gasteiger partial charge in [0.05, 0.1) is 16.1 Å². The minimum absolute atomic E-state index is 0.262. The lowest BCUT2D eigenvalue weighted by Crippen LogP contribution is -2.20. The number of hydrogen-bond donors (Lipinski definition) is 2. The molecule has 2 nitrogen and oxygen atoms in total. The molecule has 2 aromatic rings. The quantitative estimate of drug-likeness (QED) is 0.730. The van der Waals surface area contributed by atoms with Crippen LogP contribution < -0.4 is 5.73 Å². The molecule has 0 aliphatic carbocycles. The normalized spacial score (nSPS) is 14.0. The topological polar surface area (TPSA) is 46.2 Å². The van der Waals surface area contributed by atoms with Crippen LogP contribution in [0.4, 0.5) is 0 Å². The molecule has 0 heterocycles. The Morgan fingerprint density at radius 2 is 1.76 bits per heavy atom. The lowest BCUT2D eigenvalue weighted by atomic mass is 9.89. The molecule has 0 saturated heterocycles. The molecule has 0 spiro atoms. The summed E-state index contributed by atoms with van der Waals surface area (Å²) < 4.78 is 0.776. The van der Waals surface area contributed by atoms with Crippen molar-refractivity contribution in [2.45, 2.75) is 12.0 Å². The molecule has 0 saturated carbocycles. The second kappa shape index (κ2) is 7.32. The Hall–Kier alpha value is -0.290. The third-order valence-corrected chi connectivity index (χ3v) is 4.98. The highest BCUT2D eigenvalue weighted by Crippen LogP contribution is 2.37. The van der Waals surface area contributed by atoms with Gasteiger partial charge in [0.25, 0.3) is 0 Å². The summed E-state index contributed by atoms with van der Waals surface area (Å²) in [5.41, 5.74) is 7.34. The second-order valence-electron chi connectivity index (χ2n) is 4.63. The van der Waals surface area contributed by atoms with E-state index in [1.807, 2.05) is 6.07 Å². The molecule has 112 valence electrons. The van der Waals surface area contributed by atoms with Crippen LogP contribution in [0.3, 0.4) is 0 Å². The van der Waals surface area contributed by atoms with E-state index in [2.05, 4.69) is 15.9 Å². The molecular formula is C15H13BrCl3NO. The molecular weight excluding hydrogens is 396 g/mol. The summed E-state index contributed by atoms with van der Waals surface area (Å²) in [7, 11) is 0. The predicted molar refractivity (Wildman–Crippen MR) is 92.4 cm³/mol. The van der Waals surface area contributed by atoms with E-state index in [0.29, 0.717) is 20.6 Å². The predicted octanol–water partition coefficient (Wildman–Crippen LogP) is 5.19. The average molecular weight is 410 g/mol. The van der Waals surface area contributed by atoms with E-state index in [0.717, 1.165) is 10.0 Å². The van der Waals surface area contributed by atoms with Crippen molar-refractivity contribution in [3.63, 3.8) is 0 Å². The molecule has 0 aliphatic heterocycles. The van der Waals surface area contributed by atoms with Gasteiger partial charge in [0, 0.05) is 22.0 Å². The molecule has 6 heteroatoms. The fourth-order valence-electron chi connectivity index (χ4n) is 2.15. The fourth-order valence-corrected chi connectivity index (χ4v) is 3.12. The summed E-state index contributed by atoms with van der Waals surface area (Å²) in [6, 6.07) is 10.5. The van der Waals surface area contributed by atoms with E-state index < -0.39 is 6.10 Å². The van der Waals surface area contributed by atoms with Crippen LogP contribution in [0.1, 0.15) is 23.1 Å². The Balaban J connectivity index is 2.40. The Kier molecular flexibility index (Phi) is 5.95. The molecule has 21 heavy (non-hydrogen) atoms. The van der Waals surface area contributed by atoms with E-state index in [1.165, 1.54) is 0 Å². The van der Waals surface area contributed by atoms with Gasteiger partial charge in [-0.1, -0.05) is 56.8 Å². The van der Waals surface area contributed by atoms with Crippen molar-refractivity contribution in [1.29, 1.82) is 0 Å². The first-order chi connectivity index (χ1) is 9.93. The Morgan fingerprint density at radius 3 is 2.38 bits per heavy atom. The van der Waals surface area contributed by atoms with Gasteiger partial charge in [-0.15, -0.1) is 0 Å². The molecule has 0 radical (unpaired) electrons. The number of rotatable bonds is 4. The lowest BCUT2D eigenvalue weighted by molar-refractivity contribution is 0.146. The van der Waals surface area contributed by atoms with Crippen molar-refractivity contribution in [1.82, 2.24) is 0 Å². The lowest BCUT2D eigenvalue weighted by Gasteiger charge is -2.23. The summed E-state index contributed by atoms with van der Waals surface area (Å²) in [6.07, 6.45) is -0.805. The van der Waals surface area contributed by atoms with Gasteiger partial charge in [-0.05, 0) is 41.5 Å². The zero-order valence-electron chi connectivity index (χ0n) is 10.9. The number of benzene rings is 2. The minimum atomic E-state index is -0.805. The number of nitrogens with two attached hydrogens (primary N) is 1. The van der Waals surface area contributed by atoms with Crippen LogP contribution in [0.15, 0.2) is 40.9 Å². The number of hydrogen-bond acceptors (Lipinski definition) is 2. The molecule has 0 bridgehead atoms. The molecule has 0 aliphatic rings. The van der Waals surface area contributed by atoms with Crippen LogP contribution >= 0.6 is 50.7 Å². The molecule has 3 N–H and O–H groups in total. The number of aliphatic hydroxyl groups is 1. The highest BCUT2D eigenvalue weighted by Gasteiger charge is 2.24. The minimum Gasteiger partial charge on any atom is -0.388 e. The van der Waals surface area contributed by atoms with Crippen molar-refractivity contribution < 1.29 is 5.11 Å². The summed E-state index contributed by atoms with van der Waals surface area (Å²) in [5.74, 6) is -0.311.